The lowest BCUT2D eigenvalue weighted by Gasteiger charge is -2.15. The van der Waals surface area contributed by atoms with E-state index in [2.05, 4.69) is 21.0 Å². The van der Waals surface area contributed by atoms with Crippen molar-refractivity contribution in [3.05, 3.63) is 87.6 Å². The Bertz CT molecular complexity index is 1460. The molecule has 2 aromatic carbocycles. The van der Waals surface area contributed by atoms with Crippen LogP contribution >= 0.6 is 0 Å². The normalized spacial score (nSPS) is 11.3. The first kappa shape index (κ1) is 23.9. The summed E-state index contributed by atoms with van der Waals surface area (Å²) in [5.41, 5.74) is 7.73. The summed E-state index contributed by atoms with van der Waals surface area (Å²) in [6, 6.07) is 14.4. The van der Waals surface area contributed by atoms with Crippen LogP contribution in [0.25, 0.3) is 16.5 Å². The van der Waals surface area contributed by atoms with Gasteiger partial charge in [0.15, 0.2) is 5.69 Å². The molecule has 0 spiro atoms. The van der Waals surface area contributed by atoms with Crippen LogP contribution in [0.5, 0.6) is 0 Å². The molecule has 2 N–H and O–H groups in total. The van der Waals surface area contributed by atoms with Crippen LogP contribution in [-0.2, 0) is 0 Å². The Labute approximate surface area is 202 Å². The molecule has 0 aliphatic carbocycles. The zero-order chi connectivity index (χ0) is 25.3. The first-order chi connectivity index (χ1) is 16.7. The number of nitrogens with one attached hydrogen (secondary N) is 2. The van der Waals surface area contributed by atoms with Crippen molar-refractivity contribution in [1.29, 1.82) is 0 Å². The number of hydrazine groups is 1. The first-order valence-electron chi connectivity index (χ1n) is 11.5. The average Bonchev–Trinajstić information content (AvgIpc) is 3.28. The molecule has 0 saturated heterocycles. The summed E-state index contributed by atoms with van der Waals surface area (Å²) in [5, 5.41) is 9.49. The van der Waals surface area contributed by atoms with Gasteiger partial charge in [-0.1, -0.05) is 49.7 Å². The van der Waals surface area contributed by atoms with E-state index in [0.717, 1.165) is 16.9 Å². The SMILES string of the molecule is Cc1ccc(-n2ncc(C(=O)NNC(=O)c3nn(C(C)C)c(=O)c4ccccc34)c2C(C)C)cc1. The number of hydrogen-bond acceptors (Lipinski definition) is 5. The molecule has 0 unspecified atom stereocenters. The second-order valence-electron chi connectivity index (χ2n) is 8.99. The number of amides is 2. The Hall–Kier alpha value is -4.27. The monoisotopic (exact) mass is 472 g/mol. The highest BCUT2D eigenvalue weighted by Gasteiger charge is 2.23. The Morgan fingerprint density at radius 3 is 2.14 bits per heavy atom. The van der Waals surface area contributed by atoms with Gasteiger partial charge in [0.2, 0.25) is 0 Å². The van der Waals surface area contributed by atoms with Crippen molar-refractivity contribution in [3.8, 4) is 5.69 Å². The third-order valence-electron chi connectivity index (χ3n) is 5.70. The quantitative estimate of drug-likeness (QED) is 0.431. The van der Waals surface area contributed by atoms with Gasteiger partial charge in [-0.25, -0.2) is 9.36 Å². The van der Waals surface area contributed by atoms with Crippen molar-refractivity contribution < 1.29 is 9.59 Å². The predicted octanol–water partition coefficient (Wildman–Crippen LogP) is 3.67. The largest absolute Gasteiger partial charge is 0.290 e. The van der Waals surface area contributed by atoms with Gasteiger partial charge in [0.25, 0.3) is 17.4 Å². The summed E-state index contributed by atoms with van der Waals surface area (Å²) in [4.78, 5) is 38.8. The minimum atomic E-state index is -0.624. The van der Waals surface area contributed by atoms with Gasteiger partial charge >= 0.3 is 0 Å². The van der Waals surface area contributed by atoms with Crippen LogP contribution in [0.4, 0.5) is 0 Å². The molecule has 9 nitrogen and oxygen atoms in total. The molecular formula is C26H28N6O3. The molecule has 4 aromatic rings. The number of aryl methyl sites for hydroxylation is 1. The van der Waals surface area contributed by atoms with E-state index in [1.807, 2.05) is 58.9 Å². The lowest BCUT2D eigenvalue weighted by atomic mass is 10.1. The minimum Gasteiger partial charge on any atom is -0.267 e. The van der Waals surface area contributed by atoms with Crippen LogP contribution in [0.3, 0.4) is 0 Å². The zero-order valence-electron chi connectivity index (χ0n) is 20.4. The van der Waals surface area contributed by atoms with Gasteiger partial charge in [0.1, 0.15) is 0 Å². The van der Waals surface area contributed by atoms with E-state index < -0.39 is 11.8 Å². The molecule has 180 valence electrons. The fraction of sp³-hybridized carbons (Fsp3) is 0.269. The van der Waals surface area contributed by atoms with Gasteiger partial charge in [0.05, 0.1) is 34.6 Å². The summed E-state index contributed by atoms with van der Waals surface area (Å²) < 4.78 is 3.00. The lowest BCUT2D eigenvalue weighted by molar-refractivity contribution is 0.0842. The maximum absolute atomic E-state index is 13.0. The average molecular weight is 473 g/mol. The molecule has 2 aromatic heterocycles. The fourth-order valence-corrected chi connectivity index (χ4v) is 3.94. The molecule has 0 aliphatic heterocycles. The number of carbonyl (C=O) groups excluding carboxylic acids is 2. The van der Waals surface area contributed by atoms with Crippen molar-refractivity contribution >= 4 is 22.6 Å². The van der Waals surface area contributed by atoms with Crippen molar-refractivity contribution in [3.63, 3.8) is 0 Å². The van der Waals surface area contributed by atoms with Crippen LogP contribution < -0.4 is 16.4 Å². The van der Waals surface area contributed by atoms with Gasteiger partial charge in [-0.3, -0.25) is 25.2 Å². The topological polar surface area (TPSA) is 111 Å². The number of fused-ring (bicyclic) bond motifs is 1. The molecule has 0 saturated carbocycles. The number of hydrogen-bond donors (Lipinski definition) is 2. The standard InChI is InChI=1S/C26H28N6O3/c1-15(2)23-21(14-27-32(23)18-12-10-17(5)11-13-18)24(33)28-29-25(34)22-19-8-6-7-9-20(19)26(35)31(30-22)16(3)4/h6-16H,1-5H3,(H,28,33)(H,29,34). The summed E-state index contributed by atoms with van der Waals surface area (Å²) >= 11 is 0. The van der Waals surface area contributed by atoms with Gasteiger partial charge in [-0.15, -0.1) is 0 Å². The van der Waals surface area contributed by atoms with E-state index in [1.165, 1.54) is 10.9 Å². The second kappa shape index (κ2) is 9.54. The summed E-state index contributed by atoms with van der Waals surface area (Å²) in [6.07, 6.45) is 1.49. The van der Waals surface area contributed by atoms with E-state index in [0.29, 0.717) is 16.3 Å². The Morgan fingerprint density at radius 1 is 0.886 bits per heavy atom. The summed E-state index contributed by atoms with van der Waals surface area (Å²) in [6.45, 7) is 9.57. The van der Waals surface area contributed by atoms with Crippen LogP contribution in [0.2, 0.25) is 0 Å². The van der Waals surface area contributed by atoms with E-state index >= 15 is 0 Å². The molecule has 0 bridgehead atoms. The second-order valence-corrected chi connectivity index (χ2v) is 8.99. The van der Waals surface area contributed by atoms with Crippen molar-refractivity contribution in [2.45, 2.75) is 46.6 Å². The van der Waals surface area contributed by atoms with Gasteiger partial charge in [0, 0.05) is 5.39 Å². The summed E-state index contributed by atoms with van der Waals surface area (Å²) in [5.74, 6) is -1.13. The fourth-order valence-electron chi connectivity index (χ4n) is 3.94. The maximum atomic E-state index is 13.0. The van der Waals surface area contributed by atoms with Crippen molar-refractivity contribution in [2.24, 2.45) is 0 Å². The highest BCUT2D eigenvalue weighted by molar-refractivity contribution is 6.06. The van der Waals surface area contributed by atoms with Crippen LogP contribution in [0, 0.1) is 6.92 Å². The van der Waals surface area contributed by atoms with Crippen LogP contribution in [0.1, 0.15) is 71.8 Å². The minimum absolute atomic E-state index is 0.00420. The maximum Gasteiger partial charge on any atom is 0.290 e. The Kier molecular flexibility index (Phi) is 6.50. The van der Waals surface area contributed by atoms with Crippen LogP contribution in [0.15, 0.2) is 59.5 Å². The molecule has 9 heteroatoms. The number of benzene rings is 2. The molecule has 35 heavy (non-hydrogen) atoms. The molecule has 0 fully saturated rings. The molecule has 4 rings (SSSR count). The molecule has 2 amide bonds. The van der Waals surface area contributed by atoms with Gasteiger partial charge < -0.3 is 0 Å². The number of aromatic nitrogens is 4. The molecule has 2 heterocycles. The Balaban J connectivity index is 1.62. The Morgan fingerprint density at radius 2 is 1.51 bits per heavy atom. The number of rotatable bonds is 5. The van der Waals surface area contributed by atoms with Crippen molar-refractivity contribution in [2.75, 3.05) is 0 Å². The number of carbonyl (C=O) groups is 2. The predicted molar refractivity (Wildman–Crippen MR) is 134 cm³/mol. The lowest BCUT2D eigenvalue weighted by Crippen LogP contribution is -2.43. The first-order valence-corrected chi connectivity index (χ1v) is 11.5. The zero-order valence-corrected chi connectivity index (χ0v) is 20.4. The van der Waals surface area contributed by atoms with E-state index in [9.17, 15) is 14.4 Å². The van der Waals surface area contributed by atoms with Crippen LogP contribution in [-0.4, -0.2) is 31.4 Å². The van der Waals surface area contributed by atoms with Crippen molar-refractivity contribution in [1.82, 2.24) is 30.4 Å². The smallest absolute Gasteiger partial charge is 0.267 e. The third kappa shape index (κ3) is 4.57. The highest BCUT2D eigenvalue weighted by Crippen LogP contribution is 2.23. The number of nitrogens with zero attached hydrogens (tertiary/aromatic N) is 4. The third-order valence-corrected chi connectivity index (χ3v) is 5.70. The molecule has 0 radical (unpaired) electrons. The molecule has 0 aliphatic rings. The van der Waals surface area contributed by atoms with E-state index in [1.54, 1.807) is 28.9 Å². The molecule has 0 atom stereocenters. The van der Waals surface area contributed by atoms with E-state index in [-0.39, 0.29) is 23.2 Å². The summed E-state index contributed by atoms with van der Waals surface area (Å²) in [7, 11) is 0. The van der Waals surface area contributed by atoms with Gasteiger partial charge in [-0.2, -0.15) is 10.2 Å². The van der Waals surface area contributed by atoms with E-state index in [4.69, 9.17) is 0 Å². The van der Waals surface area contributed by atoms with Gasteiger partial charge in [-0.05, 0) is 44.9 Å². The highest BCUT2D eigenvalue weighted by atomic mass is 16.2. The molecular weight excluding hydrogens is 444 g/mol.